The maximum atomic E-state index is 9.41. The van der Waals surface area contributed by atoms with E-state index < -0.39 is 0 Å². The zero-order chi connectivity index (χ0) is 13.1. The lowest BCUT2D eigenvalue weighted by molar-refractivity contribution is 0.117. The summed E-state index contributed by atoms with van der Waals surface area (Å²) in [4.78, 5) is 2.57. The number of piperidine rings is 1. The van der Waals surface area contributed by atoms with E-state index >= 15 is 0 Å². The smallest absolute Gasteiger partial charge is 0.0499 e. The molecule has 1 aromatic rings. The summed E-state index contributed by atoms with van der Waals surface area (Å²) in [6.45, 7) is 3.96. The quantitative estimate of drug-likeness (QED) is 0.879. The van der Waals surface area contributed by atoms with Crippen LogP contribution in [0.3, 0.4) is 0 Å². The fraction of sp³-hybridized carbons (Fsp3) is 0.647. The molecule has 19 heavy (non-hydrogen) atoms. The van der Waals surface area contributed by atoms with Crippen LogP contribution in [0.2, 0.25) is 0 Å². The van der Waals surface area contributed by atoms with E-state index in [9.17, 15) is 5.11 Å². The van der Waals surface area contributed by atoms with Crippen LogP contribution in [0.1, 0.15) is 31.2 Å². The van der Waals surface area contributed by atoms with Crippen LogP contribution in [0, 0.1) is 11.3 Å². The monoisotopic (exact) mass is 259 g/mol. The largest absolute Gasteiger partial charge is 0.396 e. The maximum absolute atomic E-state index is 9.41. The number of nitrogens with zero attached hydrogens (tertiary/aromatic N) is 1. The molecule has 3 rings (SSSR count). The van der Waals surface area contributed by atoms with E-state index in [1.54, 1.807) is 0 Å². The SMILES string of the molecule is OCC1(CN2CCC(Cc3ccccc3)CC2)CC1. The first kappa shape index (κ1) is 13.1. The van der Waals surface area contributed by atoms with Gasteiger partial charge in [0.15, 0.2) is 0 Å². The zero-order valence-corrected chi connectivity index (χ0v) is 11.7. The molecule has 1 aliphatic carbocycles. The Hall–Kier alpha value is -0.860. The Bertz CT molecular complexity index is 391. The number of likely N-dealkylation sites (tertiary alicyclic amines) is 1. The number of hydrogen-bond acceptors (Lipinski definition) is 2. The highest BCUT2D eigenvalue weighted by Gasteiger charge is 2.43. The van der Waals surface area contributed by atoms with Crippen LogP contribution in [-0.2, 0) is 6.42 Å². The minimum Gasteiger partial charge on any atom is -0.396 e. The average molecular weight is 259 g/mol. The third-order valence-corrected chi connectivity index (χ3v) is 4.93. The lowest BCUT2D eigenvalue weighted by Gasteiger charge is -2.34. The van der Waals surface area contributed by atoms with Crippen molar-refractivity contribution in [1.29, 1.82) is 0 Å². The number of aliphatic hydroxyl groups is 1. The molecule has 0 aromatic heterocycles. The molecule has 1 aromatic carbocycles. The van der Waals surface area contributed by atoms with Gasteiger partial charge in [-0.3, -0.25) is 0 Å². The van der Waals surface area contributed by atoms with E-state index in [0.717, 1.165) is 12.5 Å². The Balaban J connectivity index is 1.45. The molecule has 2 nitrogen and oxygen atoms in total. The van der Waals surface area contributed by atoms with Crippen molar-refractivity contribution in [3.63, 3.8) is 0 Å². The molecule has 0 spiro atoms. The number of rotatable bonds is 5. The van der Waals surface area contributed by atoms with Crippen LogP contribution in [0.5, 0.6) is 0 Å². The fourth-order valence-corrected chi connectivity index (χ4v) is 3.31. The van der Waals surface area contributed by atoms with Gasteiger partial charge in [0, 0.05) is 18.6 Å². The van der Waals surface area contributed by atoms with Crippen LogP contribution in [0.4, 0.5) is 0 Å². The average Bonchev–Trinajstić information content (AvgIpc) is 3.23. The van der Waals surface area contributed by atoms with Gasteiger partial charge in [0.05, 0.1) is 0 Å². The molecule has 2 aliphatic rings. The maximum Gasteiger partial charge on any atom is 0.0499 e. The molecule has 2 heteroatoms. The predicted octanol–water partition coefficient (Wildman–Crippen LogP) is 2.71. The Morgan fingerprint density at radius 3 is 2.37 bits per heavy atom. The first-order valence-electron chi connectivity index (χ1n) is 7.67. The fourth-order valence-electron chi connectivity index (χ4n) is 3.31. The molecule has 1 aliphatic heterocycles. The Morgan fingerprint density at radius 1 is 1.11 bits per heavy atom. The molecule has 0 unspecified atom stereocenters. The third kappa shape index (κ3) is 3.37. The normalized spacial score (nSPS) is 23.4. The van der Waals surface area contributed by atoms with E-state index in [-0.39, 0.29) is 5.41 Å². The minimum atomic E-state index is 0.284. The van der Waals surface area contributed by atoms with Crippen molar-refractivity contribution < 1.29 is 5.11 Å². The number of aliphatic hydroxyl groups excluding tert-OH is 1. The van der Waals surface area contributed by atoms with Gasteiger partial charge in [-0.05, 0) is 56.7 Å². The summed E-state index contributed by atoms with van der Waals surface area (Å²) in [6.07, 6.45) is 6.33. The van der Waals surface area contributed by atoms with Gasteiger partial charge >= 0.3 is 0 Å². The van der Waals surface area contributed by atoms with Crippen molar-refractivity contribution in [3.8, 4) is 0 Å². The molecule has 1 N–H and O–H groups in total. The first-order valence-corrected chi connectivity index (χ1v) is 7.67. The van der Waals surface area contributed by atoms with Crippen molar-refractivity contribution in [1.82, 2.24) is 4.90 Å². The van der Waals surface area contributed by atoms with E-state index in [2.05, 4.69) is 35.2 Å². The van der Waals surface area contributed by atoms with Gasteiger partial charge in [-0.1, -0.05) is 30.3 Å². The lowest BCUT2D eigenvalue weighted by atomic mass is 9.89. The molecule has 0 bridgehead atoms. The molecule has 1 saturated heterocycles. The molecule has 104 valence electrons. The molecule has 1 saturated carbocycles. The Morgan fingerprint density at radius 2 is 1.79 bits per heavy atom. The molecule has 2 fully saturated rings. The van der Waals surface area contributed by atoms with Crippen molar-refractivity contribution in [3.05, 3.63) is 35.9 Å². The van der Waals surface area contributed by atoms with Crippen LogP contribution in [0.25, 0.3) is 0 Å². The van der Waals surface area contributed by atoms with Gasteiger partial charge < -0.3 is 10.0 Å². The van der Waals surface area contributed by atoms with E-state index in [4.69, 9.17) is 0 Å². The second-order valence-corrected chi connectivity index (χ2v) is 6.57. The number of benzene rings is 1. The topological polar surface area (TPSA) is 23.5 Å². The summed E-state index contributed by atoms with van der Waals surface area (Å²) < 4.78 is 0. The van der Waals surface area contributed by atoms with Crippen LogP contribution in [-0.4, -0.2) is 36.2 Å². The second kappa shape index (κ2) is 5.64. The van der Waals surface area contributed by atoms with E-state index in [1.807, 2.05) is 0 Å². The Kier molecular flexibility index (Phi) is 3.90. The molecular weight excluding hydrogens is 234 g/mol. The number of hydrogen-bond donors (Lipinski definition) is 1. The van der Waals surface area contributed by atoms with Gasteiger partial charge in [0.2, 0.25) is 0 Å². The predicted molar refractivity (Wildman–Crippen MR) is 78.1 cm³/mol. The Labute approximate surface area is 116 Å². The minimum absolute atomic E-state index is 0.284. The lowest BCUT2D eigenvalue weighted by Crippen LogP contribution is -2.39. The standard InChI is InChI=1S/C17H25NO/c19-14-17(8-9-17)13-18-10-6-16(7-11-18)12-15-4-2-1-3-5-15/h1-5,16,19H,6-14H2. The van der Waals surface area contributed by atoms with Gasteiger partial charge in [-0.25, -0.2) is 0 Å². The van der Waals surface area contributed by atoms with Crippen LogP contribution in [0.15, 0.2) is 30.3 Å². The summed E-state index contributed by atoms with van der Waals surface area (Å²) in [7, 11) is 0. The van der Waals surface area contributed by atoms with Gasteiger partial charge in [0.25, 0.3) is 0 Å². The summed E-state index contributed by atoms with van der Waals surface area (Å²) >= 11 is 0. The summed E-state index contributed by atoms with van der Waals surface area (Å²) in [5, 5.41) is 9.41. The first-order chi connectivity index (χ1) is 9.30. The van der Waals surface area contributed by atoms with Crippen LogP contribution < -0.4 is 0 Å². The summed E-state index contributed by atoms with van der Waals surface area (Å²) in [5.41, 5.74) is 1.77. The zero-order valence-electron chi connectivity index (χ0n) is 11.7. The van der Waals surface area contributed by atoms with Gasteiger partial charge in [0.1, 0.15) is 0 Å². The van der Waals surface area contributed by atoms with Gasteiger partial charge in [-0.15, -0.1) is 0 Å². The highest BCUT2D eigenvalue weighted by atomic mass is 16.3. The molecule has 1 heterocycles. The summed E-state index contributed by atoms with van der Waals surface area (Å²) in [6, 6.07) is 10.9. The van der Waals surface area contributed by atoms with Gasteiger partial charge in [-0.2, -0.15) is 0 Å². The highest BCUT2D eigenvalue weighted by molar-refractivity contribution is 5.15. The van der Waals surface area contributed by atoms with Crippen molar-refractivity contribution in [2.45, 2.75) is 32.1 Å². The van der Waals surface area contributed by atoms with Crippen molar-refractivity contribution in [2.24, 2.45) is 11.3 Å². The molecule has 0 atom stereocenters. The highest BCUT2D eigenvalue weighted by Crippen LogP contribution is 2.46. The van der Waals surface area contributed by atoms with Crippen molar-refractivity contribution >= 4 is 0 Å². The van der Waals surface area contributed by atoms with E-state index in [0.29, 0.717) is 6.61 Å². The molecule has 0 amide bonds. The van der Waals surface area contributed by atoms with E-state index in [1.165, 1.54) is 50.8 Å². The molecule has 0 radical (unpaired) electrons. The summed E-state index contributed by atoms with van der Waals surface area (Å²) in [5.74, 6) is 0.850. The van der Waals surface area contributed by atoms with Crippen molar-refractivity contribution in [2.75, 3.05) is 26.2 Å². The van der Waals surface area contributed by atoms with Crippen LogP contribution >= 0.6 is 0 Å². The second-order valence-electron chi connectivity index (χ2n) is 6.57. The third-order valence-electron chi connectivity index (χ3n) is 4.93. The molecular formula is C17H25NO.